The molecule has 0 saturated heterocycles. The van der Waals surface area contributed by atoms with Crippen LogP contribution in [0.5, 0.6) is 5.75 Å². The molecule has 3 rings (SSSR count). The molecule has 1 atom stereocenters. The third kappa shape index (κ3) is 4.02. The molecule has 6 nitrogen and oxygen atoms in total. The Hall–Kier alpha value is -2.89. The molecule has 1 unspecified atom stereocenters. The lowest BCUT2D eigenvalue weighted by atomic mass is 9.87. The van der Waals surface area contributed by atoms with E-state index in [0.717, 1.165) is 11.2 Å². The van der Waals surface area contributed by atoms with E-state index in [4.69, 9.17) is 4.74 Å². The Labute approximate surface area is 153 Å². The number of ether oxygens (including phenoxy) is 1. The molecule has 26 heavy (non-hydrogen) atoms. The van der Waals surface area contributed by atoms with Crippen LogP contribution in [0, 0.1) is 0 Å². The standard InChI is InChI=1S/C20H24N4O2/c1-14(26-16-9-7-8-15(12-16)20(2,3)4)19(25)21-13-18-23-22-17-10-5-6-11-24(17)18/h5-12,14H,13H2,1-4H3,(H,21,25). The minimum Gasteiger partial charge on any atom is -0.481 e. The Morgan fingerprint density at radius 3 is 2.77 bits per heavy atom. The van der Waals surface area contributed by atoms with E-state index in [1.807, 2.05) is 47.0 Å². The van der Waals surface area contributed by atoms with Gasteiger partial charge in [0.25, 0.3) is 5.91 Å². The number of benzene rings is 1. The van der Waals surface area contributed by atoms with E-state index in [9.17, 15) is 4.79 Å². The summed E-state index contributed by atoms with van der Waals surface area (Å²) in [5.41, 5.74) is 1.94. The van der Waals surface area contributed by atoms with E-state index >= 15 is 0 Å². The third-order valence-corrected chi connectivity index (χ3v) is 4.19. The summed E-state index contributed by atoms with van der Waals surface area (Å²) in [4.78, 5) is 12.4. The molecule has 0 spiro atoms. The molecule has 0 fully saturated rings. The van der Waals surface area contributed by atoms with Gasteiger partial charge in [0.2, 0.25) is 0 Å². The van der Waals surface area contributed by atoms with Crippen LogP contribution >= 0.6 is 0 Å². The number of hydrogen-bond donors (Lipinski definition) is 1. The maximum atomic E-state index is 12.4. The van der Waals surface area contributed by atoms with Crippen LogP contribution in [0.1, 0.15) is 39.1 Å². The molecule has 0 aliphatic heterocycles. The van der Waals surface area contributed by atoms with Crippen LogP contribution in [-0.4, -0.2) is 26.6 Å². The SMILES string of the molecule is CC(Oc1cccc(C(C)(C)C)c1)C(=O)NCc1nnc2ccccn12. The molecule has 3 aromatic rings. The zero-order valence-electron chi connectivity index (χ0n) is 15.6. The highest BCUT2D eigenvalue weighted by Crippen LogP contribution is 2.26. The largest absolute Gasteiger partial charge is 0.481 e. The average molecular weight is 352 g/mol. The van der Waals surface area contributed by atoms with E-state index in [1.165, 1.54) is 0 Å². The molecule has 6 heteroatoms. The van der Waals surface area contributed by atoms with Crippen LogP contribution in [0.15, 0.2) is 48.7 Å². The van der Waals surface area contributed by atoms with Gasteiger partial charge in [-0.05, 0) is 42.2 Å². The number of amides is 1. The highest BCUT2D eigenvalue weighted by Gasteiger charge is 2.18. The van der Waals surface area contributed by atoms with Gasteiger partial charge in [-0.15, -0.1) is 10.2 Å². The quantitative estimate of drug-likeness (QED) is 0.766. The van der Waals surface area contributed by atoms with Gasteiger partial charge in [0.1, 0.15) is 5.75 Å². The molecule has 0 radical (unpaired) electrons. The fourth-order valence-corrected chi connectivity index (χ4v) is 2.61. The van der Waals surface area contributed by atoms with E-state index in [1.54, 1.807) is 6.92 Å². The van der Waals surface area contributed by atoms with Gasteiger partial charge in [-0.25, -0.2) is 0 Å². The van der Waals surface area contributed by atoms with Crippen molar-refractivity contribution in [3.05, 3.63) is 60.0 Å². The molecule has 2 heterocycles. The molecule has 0 saturated carbocycles. The first-order valence-electron chi connectivity index (χ1n) is 8.68. The Kier molecular flexibility index (Phi) is 4.93. The minimum atomic E-state index is -0.607. The second-order valence-corrected chi connectivity index (χ2v) is 7.30. The minimum absolute atomic E-state index is 0.0274. The van der Waals surface area contributed by atoms with Crippen molar-refractivity contribution >= 4 is 11.6 Å². The summed E-state index contributed by atoms with van der Waals surface area (Å²) in [5.74, 6) is 1.17. The monoisotopic (exact) mass is 352 g/mol. The van der Waals surface area contributed by atoms with Crippen LogP contribution in [0.3, 0.4) is 0 Å². The fourth-order valence-electron chi connectivity index (χ4n) is 2.61. The van der Waals surface area contributed by atoms with Gasteiger partial charge in [0.05, 0.1) is 6.54 Å². The maximum Gasteiger partial charge on any atom is 0.261 e. The van der Waals surface area contributed by atoms with Crippen molar-refractivity contribution < 1.29 is 9.53 Å². The fraction of sp³-hybridized carbons (Fsp3) is 0.350. The summed E-state index contributed by atoms with van der Waals surface area (Å²) in [6.45, 7) is 8.46. The molecule has 0 bridgehead atoms. The second kappa shape index (κ2) is 7.15. The van der Waals surface area contributed by atoms with Crippen LogP contribution < -0.4 is 10.1 Å². The van der Waals surface area contributed by atoms with Crippen molar-refractivity contribution in [2.75, 3.05) is 0 Å². The lowest BCUT2D eigenvalue weighted by Crippen LogP contribution is -2.36. The maximum absolute atomic E-state index is 12.4. The van der Waals surface area contributed by atoms with Crippen molar-refractivity contribution in [3.63, 3.8) is 0 Å². The van der Waals surface area contributed by atoms with Crippen LogP contribution in [0.2, 0.25) is 0 Å². The van der Waals surface area contributed by atoms with Crippen LogP contribution in [0.25, 0.3) is 5.65 Å². The number of rotatable bonds is 5. The van der Waals surface area contributed by atoms with Gasteiger partial charge < -0.3 is 10.1 Å². The van der Waals surface area contributed by atoms with Gasteiger partial charge in [-0.3, -0.25) is 9.20 Å². The molecule has 2 aromatic heterocycles. The molecule has 0 aliphatic rings. The number of carbonyl (C=O) groups is 1. The van der Waals surface area contributed by atoms with Crippen molar-refractivity contribution in [3.8, 4) is 5.75 Å². The molecule has 0 aliphatic carbocycles. The molecule has 1 N–H and O–H groups in total. The van der Waals surface area contributed by atoms with E-state index in [-0.39, 0.29) is 11.3 Å². The summed E-state index contributed by atoms with van der Waals surface area (Å²) < 4.78 is 7.66. The summed E-state index contributed by atoms with van der Waals surface area (Å²) in [5, 5.41) is 11.0. The van der Waals surface area contributed by atoms with E-state index < -0.39 is 6.10 Å². The number of nitrogens with one attached hydrogen (secondary N) is 1. The summed E-state index contributed by atoms with van der Waals surface area (Å²) in [6.07, 6.45) is 1.26. The van der Waals surface area contributed by atoms with E-state index in [2.05, 4.69) is 42.4 Å². The van der Waals surface area contributed by atoms with Gasteiger partial charge >= 0.3 is 0 Å². The molecule has 136 valence electrons. The topological polar surface area (TPSA) is 68.5 Å². The van der Waals surface area contributed by atoms with Gasteiger partial charge in [-0.2, -0.15) is 0 Å². The number of hydrogen-bond acceptors (Lipinski definition) is 4. The molecule has 1 aromatic carbocycles. The number of fused-ring (bicyclic) bond motifs is 1. The Morgan fingerprint density at radius 2 is 2.00 bits per heavy atom. The number of aromatic nitrogens is 3. The summed E-state index contributed by atoms with van der Waals surface area (Å²) in [7, 11) is 0. The second-order valence-electron chi connectivity index (χ2n) is 7.30. The predicted octanol–water partition coefficient (Wildman–Crippen LogP) is 3.11. The molecular weight excluding hydrogens is 328 g/mol. The lowest BCUT2D eigenvalue weighted by Gasteiger charge is -2.21. The highest BCUT2D eigenvalue weighted by atomic mass is 16.5. The van der Waals surface area contributed by atoms with Crippen LogP contribution in [0.4, 0.5) is 0 Å². The number of nitrogens with zero attached hydrogens (tertiary/aromatic N) is 3. The van der Waals surface area contributed by atoms with Crippen LogP contribution in [-0.2, 0) is 16.8 Å². The zero-order chi connectivity index (χ0) is 18.7. The first-order valence-corrected chi connectivity index (χ1v) is 8.68. The smallest absolute Gasteiger partial charge is 0.261 e. The van der Waals surface area contributed by atoms with Crippen molar-refractivity contribution in [2.45, 2.75) is 45.8 Å². The molecule has 1 amide bonds. The number of pyridine rings is 1. The van der Waals surface area contributed by atoms with Gasteiger partial charge in [0, 0.05) is 6.20 Å². The average Bonchev–Trinajstić information content (AvgIpc) is 3.02. The highest BCUT2D eigenvalue weighted by molar-refractivity contribution is 5.80. The van der Waals surface area contributed by atoms with E-state index in [0.29, 0.717) is 18.1 Å². The Bertz CT molecular complexity index is 911. The van der Waals surface area contributed by atoms with Crippen molar-refractivity contribution in [1.29, 1.82) is 0 Å². The number of carbonyl (C=O) groups excluding carboxylic acids is 1. The molecular formula is C20H24N4O2. The van der Waals surface area contributed by atoms with Crippen molar-refractivity contribution in [2.24, 2.45) is 0 Å². The Morgan fingerprint density at radius 1 is 1.19 bits per heavy atom. The summed E-state index contributed by atoms with van der Waals surface area (Å²) >= 11 is 0. The van der Waals surface area contributed by atoms with Crippen molar-refractivity contribution in [1.82, 2.24) is 19.9 Å². The normalized spacial score (nSPS) is 12.8. The predicted molar refractivity (Wildman–Crippen MR) is 100 cm³/mol. The van der Waals surface area contributed by atoms with Gasteiger partial charge in [0.15, 0.2) is 17.6 Å². The summed E-state index contributed by atoms with van der Waals surface area (Å²) in [6, 6.07) is 13.5. The first-order chi connectivity index (χ1) is 12.3. The lowest BCUT2D eigenvalue weighted by molar-refractivity contribution is -0.127. The zero-order valence-corrected chi connectivity index (χ0v) is 15.6. The Balaban J connectivity index is 1.61. The first kappa shape index (κ1) is 17.9. The third-order valence-electron chi connectivity index (χ3n) is 4.19. The van der Waals surface area contributed by atoms with Gasteiger partial charge in [-0.1, -0.05) is 39.0 Å².